The highest BCUT2D eigenvalue weighted by Crippen LogP contribution is 2.43. The number of thioether (sulfide) groups is 1. The fourth-order valence-corrected chi connectivity index (χ4v) is 3.96. The summed E-state index contributed by atoms with van der Waals surface area (Å²) in [5.74, 6) is 0.902. The molecule has 1 aromatic carbocycles. The van der Waals surface area contributed by atoms with Crippen LogP contribution in [0.2, 0.25) is 0 Å². The maximum atomic E-state index is 5.27. The van der Waals surface area contributed by atoms with Crippen molar-refractivity contribution in [2.45, 2.75) is 42.8 Å². The molecule has 0 aliphatic heterocycles. The molecule has 0 bridgehead atoms. The molecule has 1 aliphatic carbocycles. The van der Waals surface area contributed by atoms with E-state index >= 15 is 0 Å². The second-order valence-electron chi connectivity index (χ2n) is 6.64. The molecule has 1 atom stereocenters. The van der Waals surface area contributed by atoms with Gasteiger partial charge in [-0.05, 0) is 36.8 Å². The molecule has 4 nitrogen and oxygen atoms in total. The minimum Gasteiger partial charge on any atom is -0.385 e. The number of hydrogen-bond donors (Lipinski definition) is 2. The third-order valence-electron chi connectivity index (χ3n) is 4.74. The van der Waals surface area contributed by atoms with Gasteiger partial charge in [0.1, 0.15) is 0 Å². The highest BCUT2D eigenvalue weighted by Gasteiger charge is 2.36. The van der Waals surface area contributed by atoms with Crippen LogP contribution in [-0.4, -0.2) is 45.1 Å². The molecule has 1 saturated carbocycles. The van der Waals surface area contributed by atoms with Crippen LogP contribution in [0.15, 0.2) is 40.2 Å². The molecule has 24 heavy (non-hydrogen) atoms. The molecule has 1 aromatic rings. The summed E-state index contributed by atoms with van der Waals surface area (Å²) in [7, 11) is 3.62. The van der Waals surface area contributed by atoms with Crippen LogP contribution in [-0.2, 0) is 4.74 Å². The van der Waals surface area contributed by atoms with E-state index in [4.69, 9.17) is 4.74 Å². The summed E-state index contributed by atoms with van der Waals surface area (Å²) in [4.78, 5) is 5.67. The van der Waals surface area contributed by atoms with Gasteiger partial charge in [-0.3, -0.25) is 4.99 Å². The number of benzene rings is 1. The summed E-state index contributed by atoms with van der Waals surface area (Å²) >= 11 is 1.88. The molecule has 0 amide bonds. The van der Waals surface area contributed by atoms with Gasteiger partial charge in [-0.2, -0.15) is 0 Å². The standard InChI is InChI=1S/C19H31N3OS/c1-16(24-17-8-5-4-6-9-17)14-21-18(20-2)22-15-19(10-7-11-19)12-13-23-3/h4-6,8-9,16H,7,10-15H2,1-3H3,(H2,20,21,22). The number of ether oxygens (including phenoxy) is 1. The van der Waals surface area contributed by atoms with E-state index in [9.17, 15) is 0 Å². The molecular weight excluding hydrogens is 318 g/mol. The highest BCUT2D eigenvalue weighted by molar-refractivity contribution is 8.00. The molecule has 0 heterocycles. The minimum atomic E-state index is 0.401. The molecule has 0 aromatic heterocycles. The molecule has 2 N–H and O–H groups in total. The Balaban J connectivity index is 1.72. The summed E-state index contributed by atoms with van der Waals surface area (Å²) in [5, 5.41) is 7.45. The van der Waals surface area contributed by atoms with Gasteiger partial charge in [0.2, 0.25) is 0 Å². The van der Waals surface area contributed by atoms with Crippen LogP contribution >= 0.6 is 11.8 Å². The molecule has 5 heteroatoms. The molecular formula is C19H31N3OS. The van der Waals surface area contributed by atoms with Crippen LogP contribution in [0, 0.1) is 5.41 Å². The first-order valence-electron chi connectivity index (χ1n) is 8.83. The van der Waals surface area contributed by atoms with Crippen LogP contribution in [0.1, 0.15) is 32.6 Å². The number of nitrogens with one attached hydrogen (secondary N) is 2. The number of hydrogen-bond acceptors (Lipinski definition) is 3. The Morgan fingerprint density at radius 2 is 2.04 bits per heavy atom. The van der Waals surface area contributed by atoms with E-state index in [2.05, 4.69) is 52.9 Å². The van der Waals surface area contributed by atoms with Crippen molar-refractivity contribution >= 4 is 17.7 Å². The van der Waals surface area contributed by atoms with Gasteiger partial charge in [-0.1, -0.05) is 31.5 Å². The van der Waals surface area contributed by atoms with Crippen molar-refractivity contribution in [3.8, 4) is 0 Å². The van der Waals surface area contributed by atoms with Crippen molar-refractivity contribution in [3.63, 3.8) is 0 Å². The number of guanidine groups is 1. The fourth-order valence-electron chi connectivity index (χ4n) is 3.02. The lowest BCUT2D eigenvalue weighted by molar-refractivity contribution is 0.0732. The highest BCUT2D eigenvalue weighted by atomic mass is 32.2. The third-order valence-corrected chi connectivity index (χ3v) is 5.86. The number of rotatable bonds is 9. The molecule has 2 rings (SSSR count). The Morgan fingerprint density at radius 3 is 2.62 bits per heavy atom. The van der Waals surface area contributed by atoms with E-state index in [1.54, 1.807) is 7.11 Å². The zero-order valence-electron chi connectivity index (χ0n) is 15.2. The Labute approximate surface area is 150 Å². The van der Waals surface area contributed by atoms with Crippen LogP contribution < -0.4 is 10.6 Å². The lowest BCUT2D eigenvalue weighted by Gasteiger charge is -2.42. The molecule has 0 radical (unpaired) electrons. The van der Waals surface area contributed by atoms with Crippen molar-refractivity contribution in [2.75, 3.05) is 33.9 Å². The Morgan fingerprint density at radius 1 is 1.29 bits per heavy atom. The van der Waals surface area contributed by atoms with Crippen molar-refractivity contribution in [1.29, 1.82) is 0 Å². The normalized spacial score (nSPS) is 17.9. The van der Waals surface area contributed by atoms with Crippen LogP contribution in [0.25, 0.3) is 0 Å². The summed E-state index contributed by atoms with van der Waals surface area (Å²) in [5.41, 5.74) is 0.401. The zero-order chi connectivity index (χ0) is 17.3. The van der Waals surface area contributed by atoms with Gasteiger partial charge in [0.15, 0.2) is 5.96 Å². The van der Waals surface area contributed by atoms with Crippen molar-refractivity contribution in [1.82, 2.24) is 10.6 Å². The summed E-state index contributed by atoms with van der Waals surface area (Å²) in [6, 6.07) is 10.5. The second-order valence-corrected chi connectivity index (χ2v) is 8.16. The molecule has 1 unspecified atom stereocenters. The number of nitrogens with zero attached hydrogens (tertiary/aromatic N) is 1. The SMILES string of the molecule is CN=C(NCC(C)Sc1ccccc1)NCC1(CCOC)CCC1. The van der Waals surface area contributed by atoms with Gasteiger partial charge in [0, 0.05) is 44.0 Å². The van der Waals surface area contributed by atoms with Gasteiger partial charge in [-0.25, -0.2) is 0 Å². The van der Waals surface area contributed by atoms with Crippen LogP contribution in [0.4, 0.5) is 0 Å². The molecule has 1 fully saturated rings. The zero-order valence-corrected chi connectivity index (χ0v) is 16.0. The van der Waals surface area contributed by atoms with E-state index in [1.807, 2.05) is 18.8 Å². The molecule has 0 spiro atoms. The van der Waals surface area contributed by atoms with E-state index in [0.29, 0.717) is 10.7 Å². The van der Waals surface area contributed by atoms with E-state index in [1.165, 1.54) is 24.2 Å². The maximum absolute atomic E-state index is 5.27. The average molecular weight is 350 g/mol. The Kier molecular flexibility index (Phi) is 7.92. The first-order valence-corrected chi connectivity index (χ1v) is 9.70. The smallest absolute Gasteiger partial charge is 0.191 e. The second kappa shape index (κ2) is 9.94. The van der Waals surface area contributed by atoms with Gasteiger partial charge >= 0.3 is 0 Å². The van der Waals surface area contributed by atoms with Gasteiger partial charge < -0.3 is 15.4 Å². The minimum absolute atomic E-state index is 0.401. The summed E-state index contributed by atoms with van der Waals surface area (Å²) in [6.45, 7) is 4.96. The Bertz CT molecular complexity index is 503. The van der Waals surface area contributed by atoms with Crippen LogP contribution in [0.3, 0.4) is 0 Å². The van der Waals surface area contributed by atoms with Crippen molar-refractivity contribution < 1.29 is 4.74 Å². The Hall–Kier alpha value is -1.20. The lowest BCUT2D eigenvalue weighted by Crippen LogP contribution is -2.47. The quantitative estimate of drug-likeness (QED) is 0.407. The molecule has 0 saturated heterocycles. The monoisotopic (exact) mass is 349 g/mol. The van der Waals surface area contributed by atoms with Crippen molar-refractivity contribution in [3.05, 3.63) is 30.3 Å². The maximum Gasteiger partial charge on any atom is 0.191 e. The predicted molar refractivity (Wildman–Crippen MR) is 104 cm³/mol. The number of aliphatic imine (C=N–C) groups is 1. The topological polar surface area (TPSA) is 45.7 Å². The van der Waals surface area contributed by atoms with Gasteiger partial charge in [-0.15, -0.1) is 11.8 Å². The number of methoxy groups -OCH3 is 1. The summed E-state index contributed by atoms with van der Waals surface area (Å²) < 4.78 is 5.27. The van der Waals surface area contributed by atoms with E-state index in [0.717, 1.165) is 32.1 Å². The predicted octanol–water partition coefficient (Wildman–Crippen LogP) is 3.54. The first kappa shape index (κ1) is 19.1. The molecule has 134 valence electrons. The largest absolute Gasteiger partial charge is 0.385 e. The van der Waals surface area contributed by atoms with Gasteiger partial charge in [0.05, 0.1) is 0 Å². The van der Waals surface area contributed by atoms with E-state index < -0.39 is 0 Å². The first-order chi connectivity index (χ1) is 11.7. The van der Waals surface area contributed by atoms with Gasteiger partial charge in [0.25, 0.3) is 0 Å². The third kappa shape index (κ3) is 6.02. The average Bonchev–Trinajstić information content (AvgIpc) is 2.57. The van der Waals surface area contributed by atoms with E-state index in [-0.39, 0.29) is 0 Å². The van der Waals surface area contributed by atoms with Crippen LogP contribution in [0.5, 0.6) is 0 Å². The lowest BCUT2D eigenvalue weighted by atomic mass is 9.67. The summed E-state index contributed by atoms with van der Waals surface area (Å²) in [6.07, 6.45) is 5.05. The molecule has 1 aliphatic rings. The fraction of sp³-hybridized carbons (Fsp3) is 0.632. The van der Waals surface area contributed by atoms with Crippen molar-refractivity contribution in [2.24, 2.45) is 10.4 Å².